The molecular formula is C20H18FN7O2. The Balaban J connectivity index is 1.67. The van der Waals surface area contributed by atoms with Gasteiger partial charge in [-0.1, -0.05) is 0 Å². The van der Waals surface area contributed by atoms with E-state index in [0.717, 1.165) is 11.8 Å². The number of carbonyl (C=O) groups excluding carboxylic acids is 1. The molecule has 30 heavy (non-hydrogen) atoms. The number of primary amides is 1. The highest BCUT2D eigenvalue weighted by Gasteiger charge is 2.14. The molecule has 0 radical (unpaired) electrons. The number of imidazole rings is 1. The predicted molar refractivity (Wildman–Crippen MR) is 108 cm³/mol. The normalized spacial score (nSPS) is 12.1. The molecule has 0 aliphatic heterocycles. The first-order valence-electron chi connectivity index (χ1n) is 9.14. The van der Waals surface area contributed by atoms with Crippen LogP contribution in [0.5, 0.6) is 0 Å². The van der Waals surface area contributed by atoms with E-state index in [1.165, 1.54) is 6.07 Å². The van der Waals surface area contributed by atoms with E-state index >= 15 is 0 Å². The topological polar surface area (TPSA) is 131 Å². The second kappa shape index (κ2) is 7.74. The second-order valence-corrected chi connectivity index (χ2v) is 6.79. The summed E-state index contributed by atoms with van der Waals surface area (Å²) in [4.78, 5) is 34.2. The van der Waals surface area contributed by atoms with Gasteiger partial charge in [0.25, 0.3) is 5.56 Å². The van der Waals surface area contributed by atoms with Gasteiger partial charge in [0.2, 0.25) is 5.91 Å². The minimum atomic E-state index is -0.527. The van der Waals surface area contributed by atoms with Gasteiger partial charge in [-0.05, 0) is 42.8 Å². The third kappa shape index (κ3) is 3.88. The summed E-state index contributed by atoms with van der Waals surface area (Å²) in [6.45, 7) is 1.74. The van der Waals surface area contributed by atoms with Crippen LogP contribution in [0.2, 0.25) is 0 Å². The smallest absolute Gasteiger partial charge is 0.253 e. The van der Waals surface area contributed by atoms with Crippen LogP contribution in [-0.2, 0) is 11.2 Å². The van der Waals surface area contributed by atoms with Crippen LogP contribution in [0.3, 0.4) is 0 Å². The van der Waals surface area contributed by atoms with Crippen LogP contribution in [0, 0.1) is 5.82 Å². The number of amides is 1. The van der Waals surface area contributed by atoms with Gasteiger partial charge < -0.3 is 16.0 Å². The number of aromatic nitrogens is 5. The third-order valence-corrected chi connectivity index (χ3v) is 4.56. The minimum absolute atomic E-state index is 0.103. The number of nitrogens with two attached hydrogens (primary N) is 1. The second-order valence-electron chi connectivity index (χ2n) is 6.79. The summed E-state index contributed by atoms with van der Waals surface area (Å²) < 4.78 is 15.1. The maximum absolute atomic E-state index is 13.5. The molecule has 4 aromatic heterocycles. The van der Waals surface area contributed by atoms with Crippen molar-refractivity contribution in [3.05, 3.63) is 76.2 Å². The third-order valence-electron chi connectivity index (χ3n) is 4.56. The number of H-pyrrole nitrogens is 1. The van der Waals surface area contributed by atoms with Gasteiger partial charge in [0.15, 0.2) is 5.65 Å². The standard InChI is InChI=1S/C20H18FN7O2/c1-11(14-8-13(21)9-25-20(14)30)26-18-2-3-19-24-10-16(28(19)27-18)15-6-12(4-5-23-15)7-17(22)29/h2-6,8-11H,7H2,1H3,(H2,22,29)(H,25,30)(H,26,27)/t11-/m1/s1. The molecule has 0 aromatic carbocycles. The monoisotopic (exact) mass is 407 g/mol. The summed E-state index contributed by atoms with van der Waals surface area (Å²) in [5.74, 6) is -0.497. The zero-order chi connectivity index (χ0) is 21.3. The average Bonchev–Trinajstić information content (AvgIpc) is 3.12. The maximum atomic E-state index is 13.5. The highest BCUT2D eigenvalue weighted by Crippen LogP contribution is 2.21. The number of hydrogen-bond donors (Lipinski definition) is 3. The highest BCUT2D eigenvalue weighted by molar-refractivity contribution is 5.77. The Morgan fingerprint density at radius 3 is 2.93 bits per heavy atom. The number of halogens is 1. The lowest BCUT2D eigenvalue weighted by Gasteiger charge is -2.14. The van der Waals surface area contributed by atoms with E-state index in [2.05, 4.69) is 25.4 Å². The van der Waals surface area contributed by atoms with Gasteiger partial charge in [0.05, 0.1) is 24.4 Å². The number of aromatic amines is 1. The van der Waals surface area contributed by atoms with Crippen molar-refractivity contribution in [2.45, 2.75) is 19.4 Å². The van der Waals surface area contributed by atoms with Crippen molar-refractivity contribution in [3.8, 4) is 11.4 Å². The molecule has 4 aromatic rings. The van der Waals surface area contributed by atoms with Crippen molar-refractivity contribution in [1.82, 2.24) is 24.6 Å². The Bertz CT molecular complexity index is 1300. The molecule has 0 unspecified atom stereocenters. The molecule has 1 amide bonds. The predicted octanol–water partition coefficient (Wildman–Crippen LogP) is 1.82. The van der Waals surface area contributed by atoms with Crippen LogP contribution in [0.15, 0.2) is 53.7 Å². The van der Waals surface area contributed by atoms with Crippen LogP contribution < -0.4 is 16.6 Å². The molecule has 0 aliphatic rings. The van der Waals surface area contributed by atoms with Crippen molar-refractivity contribution >= 4 is 17.4 Å². The van der Waals surface area contributed by atoms with E-state index in [-0.39, 0.29) is 17.5 Å². The van der Waals surface area contributed by atoms with E-state index in [1.54, 1.807) is 48.1 Å². The minimum Gasteiger partial charge on any atom is -0.369 e. The summed E-state index contributed by atoms with van der Waals surface area (Å²) in [5, 5.41) is 7.62. The van der Waals surface area contributed by atoms with Gasteiger partial charge in [0.1, 0.15) is 17.3 Å². The number of rotatable bonds is 6. The fraction of sp³-hybridized carbons (Fsp3) is 0.150. The van der Waals surface area contributed by atoms with E-state index in [0.29, 0.717) is 22.9 Å². The van der Waals surface area contributed by atoms with Crippen LogP contribution >= 0.6 is 0 Å². The average molecular weight is 407 g/mol. The molecule has 0 fully saturated rings. The first-order chi connectivity index (χ1) is 14.4. The summed E-state index contributed by atoms with van der Waals surface area (Å²) in [5.41, 5.74) is 7.68. The summed E-state index contributed by atoms with van der Waals surface area (Å²) >= 11 is 0. The number of nitrogens with zero attached hydrogens (tertiary/aromatic N) is 4. The molecule has 4 heterocycles. The number of pyridine rings is 2. The lowest BCUT2D eigenvalue weighted by molar-refractivity contribution is -0.117. The number of hydrogen-bond acceptors (Lipinski definition) is 6. The van der Waals surface area contributed by atoms with Gasteiger partial charge in [-0.15, -0.1) is 5.10 Å². The summed E-state index contributed by atoms with van der Waals surface area (Å²) in [6, 6.07) is 7.65. The van der Waals surface area contributed by atoms with Crippen LogP contribution in [0.4, 0.5) is 10.2 Å². The van der Waals surface area contributed by atoms with Crippen LogP contribution in [0.1, 0.15) is 24.1 Å². The highest BCUT2D eigenvalue weighted by atomic mass is 19.1. The largest absolute Gasteiger partial charge is 0.369 e. The fourth-order valence-electron chi connectivity index (χ4n) is 3.15. The summed E-state index contributed by atoms with van der Waals surface area (Å²) in [7, 11) is 0. The molecule has 10 heteroatoms. The van der Waals surface area contributed by atoms with Crippen molar-refractivity contribution in [2.75, 3.05) is 5.32 Å². The summed E-state index contributed by atoms with van der Waals surface area (Å²) in [6.07, 6.45) is 4.34. The SMILES string of the molecule is C[C@@H](Nc1ccc2ncc(-c3cc(CC(N)=O)ccn3)n2n1)c1cc(F)c[nH]c1=O. The molecule has 0 aliphatic carbocycles. The zero-order valence-corrected chi connectivity index (χ0v) is 16.0. The molecule has 1 atom stereocenters. The van der Waals surface area contributed by atoms with Crippen molar-refractivity contribution in [2.24, 2.45) is 5.73 Å². The number of carbonyl (C=O) groups is 1. The van der Waals surface area contributed by atoms with Crippen molar-refractivity contribution in [3.63, 3.8) is 0 Å². The van der Waals surface area contributed by atoms with E-state index in [4.69, 9.17) is 5.73 Å². The lowest BCUT2D eigenvalue weighted by Crippen LogP contribution is -2.20. The molecule has 4 N–H and O–H groups in total. The molecule has 0 saturated carbocycles. The Morgan fingerprint density at radius 1 is 1.30 bits per heavy atom. The molecule has 4 rings (SSSR count). The Morgan fingerprint density at radius 2 is 2.13 bits per heavy atom. The van der Waals surface area contributed by atoms with E-state index in [1.807, 2.05) is 0 Å². The molecule has 0 bridgehead atoms. The van der Waals surface area contributed by atoms with Crippen molar-refractivity contribution < 1.29 is 9.18 Å². The van der Waals surface area contributed by atoms with Gasteiger partial charge in [-0.25, -0.2) is 13.9 Å². The Hall–Kier alpha value is -4.08. The van der Waals surface area contributed by atoms with Gasteiger partial charge in [0, 0.05) is 18.0 Å². The van der Waals surface area contributed by atoms with Gasteiger partial charge >= 0.3 is 0 Å². The van der Waals surface area contributed by atoms with E-state index < -0.39 is 17.8 Å². The van der Waals surface area contributed by atoms with Crippen molar-refractivity contribution in [1.29, 1.82) is 0 Å². The zero-order valence-electron chi connectivity index (χ0n) is 16.0. The lowest BCUT2D eigenvalue weighted by atomic mass is 10.1. The number of fused-ring (bicyclic) bond motifs is 1. The van der Waals surface area contributed by atoms with Crippen LogP contribution in [0.25, 0.3) is 17.0 Å². The van der Waals surface area contributed by atoms with Gasteiger partial charge in [-0.3, -0.25) is 14.6 Å². The number of nitrogens with one attached hydrogen (secondary N) is 2. The Labute approximate surface area is 169 Å². The first-order valence-corrected chi connectivity index (χ1v) is 9.14. The first kappa shape index (κ1) is 19.2. The molecule has 0 saturated heterocycles. The molecule has 152 valence electrons. The number of anilines is 1. The molecular weight excluding hydrogens is 389 g/mol. The molecule has 9 nitrogen and oxygen atoms in total. The molecule has 0 spiro atoms. The van der Waals surface area contributed by atoms with E-state index in [9.17, 15) is 14.0 Å². The fourth-order valence-corrected chi connectivity index (χ4v) is 3.15. The van der Waals surface area contributed by atoms with Gasteiger partial charge in [-0.2, -0.15) is 0 Å². The van der Waals surface area contributed by atoms with Crippen LogP contribution in [-0.4, -0.2) is 30.5 Å². The quantitative estimate of drug-likeness (QED) is 0.447. The Kier molecular flexibility index (Phi) is 4.97. The maximum Gasteiger partial charge on any atom is 0.253 e.